The summed E-state index contributed by atoms with van der Waals surface area (Å²) in [7, 11) is 0. The van der Waals surface area contributed by atoms with Gasteiger partial charge in [-0.2, -0.15) is 0 Å². The van der Waals surface area contributed by atoms with Crippen LogP contribution in [0.3, 0.4) is 0 Å². The van der Waals surface area contributed by atoms with E-state index in [-0.39, 0.29) is 24.0 Å². The number of carbonyl (C=O) groups is 1. The molecule has 1 amide bonds. The third kappa shape index (κ3) is 4.16. The molecule has 0 saturated carbocycles. The average molecular weight is 389 g/mol. The fourth-order valence-electron chi connectivity index (χ4n) is 2.81. The number of nitrogens with zero attached hydrogens (tertiary/aromatic N) is 4. The highest BCUT2D eigenvalue weighted by atomic mass is 16.5. The van der Waals surface area contributed by atoms with Gasteiger partial charge in [0.15, 0.2) is 0 Å². The van der Waals surface area contributed by atoms with E-state index in [1.54, 1.807) is 0 Å². The van der Waals surface area contributed by atoms with Crippen molar-refractivity contribution in [3.8, 4) is 11.6 Å². The molecular formula is C21H19N5O3. The molecule has 0 aliphatic heterocycles. The Kier molecular flexibility index (Phi) is 5.07. The van der Waals surface area contributed by atoms with E-state index in [0.29, 0.717) is 12.3 Å². The van der Waals surface area contributed by atoms with E-state index in [1.165, 1.54) is 16.8 Å². The van der Waals surface area contributed by atoms with E-state index in [0.717, 1.165) is 15.8 Å². The Bertz CT molecular complexity index is 1200. The van der Waals surface area contributed by atoms with Crippen molar-refractivity contribution in [1.29, 1.82) is 0 Å². The van der Waals surface area contributed by atoms with E-state index in [4.69, 9.17) is 4.74 Å². The molecule has 0 spiro atoms. The van der Waals surface area contributed by atoms with Gasteiger partial charge in [-0.1, -0.05) is 48.0 Å². The molecule has 4 aromatic rings. The lowest BCUT2D eigenvalue weighted by atomic mass is 10.2. The van der Waals surface area contributed by atoms with Crippen LogP contribution in [0.2, 0.25) is 0 Å². The van der Waals surface area contributed by atoms with Crippen LogP contribution in [0, 0.1) is 6.92 Å². The van der Waals surface area contributed by atoms with E-state index in [1.807, 2.05) is 61.5 Å². The molecule has 0 fully saturated rings. The van der Waals surface area contributed by atoms with Crippen molar-refractivity contribution in [2.45, 2.75) is 20.0 Å². The minimum atomic E-state index is -0.439. The van der Waals surface area contributed by atoms with Gasteiger partial charge < -0.3 is 10.1 Å². The molecule has 2 aromatic carbocycles. The fraction of sp³-hybridized carbons (Fsp3) is 0.143. The monoisotopic (exact) mass is 389 g/mol. The molecule has 8 heteroatoms. The topological polar surface area (TPSA) is 90.5 Å². The molecule has 4 rings (SSSR count). The molecule has 8 nitrogen and oxygen atoms in total. The summed E-state index contributed by atoms with van der Waals surface area (Å²) in [4.78, 5) is 29.0. The number of benzene rings is 2. The molecule has 2 heterocycles. The lowest BCUT2D eigenvalue weighted by Gasteiger charge is -2.05. The maximum atomic E-state index is 12.6. The van der Waals surface area contributed by atoms with Crippen LogP contribution >= 0.6 is 0 Å². The lowest BCUT2D eigenvalue weighted by Crippen LogP contribution is -2.32. The lowest BCUT2D eigenvalue weighted by molar-refractivity contribution is -0.122. The molecule has 0 atom stereocenters. The van der Waals surface area contributed by atoms with Gasteiger partial charge in [0, 0.05) is 18.9 Å². The summed E-state index contributed by atoms with van der Waals surface area (Å²) in [5, 5.41) is 7.02. The number of fused-ring (bicyclic) bond motifs is 1. The van der Waals surface area contributed by atoms with Crippen LogP contribution in [0.25, 0.3) is 5.65 Å². The number of ether oxygens (including phenoxy) is 1. The number of aryl methyl sites for hydroxylation is 1. The zero-order valence-corrected chi connectivity index (χ0v) is 15.8. The Balaban J connectivity index is 1.53. The van der Waals surface area contributed by atoms with Gasteiger partial charge in [0.25, 0.3) is 5.88 Å². The van der Waals surface area contributed by atoms with Crippen LogP contribution in [0.15, 0.2) is 71.8 Å². The minimum Gasteiger partial charge on any atom is -0.436 e. The third-order valence-corrected chi connectivity index (χ3v) is 4.33. The first-order valence-corrected chi connectivity index (χ1v) is 9.09. The molecular weight excluding hydrogens is 370 g/mol. The van der Waals surface area contributed by atoms with Gasteiger partial charge in [0.1, 0.15) is 12.3 Å². The largest absolute Gasteiger partial charge is 0.436 e. The van der Waals surface area contributed by atoms with Crippen LogP contribution in [-0.4, -0.2) is 25.1 Å². The van der Waals surface area contributed by atoms with Crippen LogP contribution in [0.1, 0.15) is 11.1 Å². The second kappa shape index (κ2) is 7.97. The SMILES string of the molecule is Cc1ccc(Oc2nccn3c(=O)n(CC(=O)NCc4ccccc4)nc23)cc1. The molecule has 0 saturated heterocycles. The van der Waals surface area contributed by atoms with Gasteiger partial charge in [-0.3, -0.25) is 4.79 Å². The quantitative estimate of drug-likeness (QED) is 0.546. The summed E-state index contributed by atoms with van der Waals surface area (Å²) in [6, 6.07) is 17.0. The Morgan fingerprint density at radius 3 is 2.62 bits per heavy atom. The standard InChI is InChI=1S/C21H19N5O3/c1-15-7-9-17(10-8-15)29-20-19-24-26(21(28)25(19)12-11-22-20)14-18(27)23-13-16-5-3-2-4-6-16/h2-12H,13-14H2,1H3,(H,23,27). The number of nitrogens with one attached hydrogen (secondary N) is 1. The summed E-state index contributed by atoms with van der Waals surface area (Å²) in [5.41, 5.74) is 1.88. The van der Waals surface area contributed by atoms with Crippen molar-refractivity contribution in [3.05, 3.63) is 88.6 Å². The van der Waals surface area contributed by atoms with E-state index in [2.05, 4.69) is 15.4 Å². The highest BCUT2D eigenvalue weighted by Crippen LogP contribution is 2.22. The molecule has 1 N–H and O–H groups in total. The summed E-state index contributed by atoms with van der Waals surface area (Å²) in [6.45, 7) is 2.16. The average Bonchev–Trinajstić information content (AvgIpc) is 3.05. The van der Waals surface area contributed by atoms with Gasteiger partial charge in [-0.15, -0.1) is 5.10 Å². The predicted octanol–water partition coefficient (Wildman–Crippen LogP) is 2.31. The minimum absolute atomic E-state index is 0.192. The van der Waals surface area contributed by atoms with Crippen molar-refractivity contribution >= 4 is 11.6 Å². The van der Waals surface area contributed by atoms with Crippen molar-refractivity contribution in [3.63, 3.8) is 0 Å². The van der Waals surface area contributed by atoms with Crippen LogP contribution in [0.4, 0.5) is 0 Å². The Morgan fingerprint density at radius 1 is 1.10 bits per heavy atom. The zero-order chi connectivity index (χ0) is 20.2. The van der Waals surface area contributed by atoms with Gasteiger partial charge in [-0.25, -0.2) is 18.9 Å². The molecule has 146 valence electrons. The third-order valence-electron chi connectivity index (χ3n) is 4.33. The van der Waals surface area contributed by atoms with Crippen LogP contribution in [0.5, 0.6) is 11.6 Å². The first-order valence-electron chi connectivity index (χ1n) is 9.09. The highest BCUT2D eigenvalue weighted by Gasteiger charge is 2.15. The molecule has 0 aliphatic carbocycles. The smallest absolute Gasteiger partial charge is 0.351 e. The van der Waals surface area contributed by atoms with Crippen LogP contribution in [-0.2, 0) is 17.9 Å². The Hall–Kier alpha value is -3.94. The van der Waals surface area contributed by atoms with E-state index >= 15 is 0 Å². The summed E-state index contributed by atoms with van der Waals surface area (Å²) in [5.74, 6) is 0.462. The van der Waals surface area contributed by atoms with E-state index < -0.39 is 5.69 Å². The fourth-order valence-corrected chi connectivity index (χ4v) is 2.81. The number of hydrogen-bond donors (Lipinski definition) is 1. The first kappa shape index (κ1) is 18.4. The number of hydrogen-bond acceptors (Lipinski definition) is 5. The van der Waals surface area contributed by atoms with Gasteiger partial charge >= 0.3 is 5.69 Å². The Labute approximate surface area is 166 Å². The van der Waals surface area contributed by atoms with Crippen LogP contribution < -0.4 is 15.7 Å². The second-order valence-corrected chi connectivity index (χ2v) is 6.54. The highest BCUT2D eigenvalue weighted by molar-refractivity contribution is 5.75. The molecule has 0 aliphatic rings. The maximum Gasteiger partial charge on any atom is 0.351 e. The Morgan fingerprint density at radius 2 is 1.86 bits per heavy atom. The molecule has 2 aromatic heterocycles. The maximum absolute atomic E-state index is 12.6. The number of carbonyl (C=O) groups excluding carboxylic acids is 1. The van der Waals surface area contributed by atoms with Gasteiger partial charge in [0.05, 0.1) is 0 Å². The van der Waals surface area contributed by atoms with Crippen molar-refractivity contribution in [2.75, 3.05) is 0 Å². The molecule has 0 unspecified atom stereocenters. The van der Waals surface area contributed by atoms with Crippen molar-refractivity contribution in [1.82, 2.24) is 24.5 Å². The zero-order valence-electron chi connectivity index (χ0n) is 15.8. The normalized spacial score (nSPS) is 10.8. The van der Waals surface area contributed by atoms with Crippen molar-refractivity contribution < 1.29 is 9.53 Å². The number of rotatable bonds is 6. The second-order valence-electron chi connectivity index (χ2n) is 6.54. The van der Waals surface area contributed by atoms with E-state index in [9.17, 15) is 9.59 Å². The summed E-state index contributed by atoms with van der Waals surface area (Å²) in [6.07, 6.45) is 2.95. The van der Waals surface area contributed by atoms with Gasteiger partial charge in [0.2, 0.25) is 11.6 Å². The molecule has 29 heavy (non-hydrogen) atoms. The predicted molar refractivity (Wildman–Crippen MR) is 107 cm³/mol. The summed E-state index contributed by atoms with van der Waals surface area (Å²) < 4.78 is 8.18. The number of amides is 1. The summed E-state index contributed by atoms with van der Waals surface area (Å²) >= 11 is 0. The first-order chi connectivity index (χ1) is 14.1. The number of aromatic nitrogens is 4. The van der Waals surface area contributed by atoms with Gasteiger partial charge in [-0.05, 0) is 24.6 Å². The van der Waals surface area contributed by atoms with Crippen molar-refractivity contribution in [2.24, 2.45) is 0 Å². The molecule has 0 radical (unpaired) electrons. The molecule has 0 bridgehead atoms.